The van der Waals surface area contributed by atoms with Crippen LogP contribution in [0, 0.1) is 17.8 Å². The van der Waals surface area contributed by atoms with E-state index in [1.807, 2.05) is 6.07 Å². The topological polar surface area (TPSA) is 3.24 Å². The molecule has 3 fully saturated rings. The number of benzene rings is 1. The molecule has 0 N–H and O–H groups in total. The van der Waals surface area contributed by atoms with Crippen molar-refractivity contribution in [2.24, 2.45) is 17.8 Å². The lowest BCUT2D eigenvalue weighted by Gasteiger charge is -2.50. The Morgan fingerprint density at radius 2 is 1.62 bits per heavy atom. The minimum absolute atomic E-state index is 0. The molecule has 118 valence electrons. The van der Waals surface area contributed by atoms with E-state index in [4.69, 9.17) is 23.2 Å². The summed E-state index contributed by atoms with van der Waals surface area (Å²) in [5.41, 5.74) is 1.40. The number of halogens is 3. The summed E-state index contributed by atoms with van der Waals surface area (Å²) in [6, 6.07) is 6.27. The monoisotopic (exact) mass is 347 g/mol. The van der Waals surface area contributed by atoms with E-state index in [1.54, 1.807) is 0 Å². The second-order valence-electron chi connectivity index (χ2n) is 6.80. The molecule has 0 heterocycles. The van der Waals surface area contributed by atoms with E-state index in [-0.39, 0.29) is 12.4 Å². The molecular weight excluding hydrogens is 325 g/mol. The first-order chi connectivity index (χ1) is 9.56. The molecule has 0 saturated heterocycles. The standard InChI is InChI=1S/C17H23Cl2N.ClH/c1-20(2)10-14-11-3-5-12(6-4-11)17(14)13-7-8-15(18)16(19)9-13;/h7-9,11-12,14,17H,3-6,10H2,1-2H3;1H. The fourth-order valence-corrected chi connectivity index (χ4v) is 4.80. The largest absolute Gasteiger partial charge is 0.309 e. The molecule has 2 atom stereocenters. The first-order valence-corrected chi connectivity index (χ1v) is 8.41. The van der Waals surface area contributed by atoms with Gasteiger partial charge in [0.05, 0.1) is 10.0 Å². The third kappa shape index (κ3) is 3.52. The molecule has 1 aromatic rings. The molecule has 3 aliphatic rings. The molecule has 1 nitrogen and oxygen atoms in total. The first kappa shape index (κ1) is 17.4. The predicted molar refractivity (Wildman–Crippen MR) is 93.9 cm³/mol. The fourth-order valence-electron chi connectivity index (χ4n) is 4.50. The van der Waals surface area contributed by atoms with E-state index in [2.05, 4.69) is 31.1 Å². The van der Waals surface area contributed by atoms with E-state index in [0.717, 1.165) is 17.8 Å². The van der Waals surface area contributed by atoms with Gasteiger partial charge < -0.3 is 4.90 Å². The van der Waals surface area contributed by atoms with Crippen LogP contribution >= 0.6 is 35.6 Å². The predicted octanol–water partition coefficient (Wildman–Crippen LogP) is 5.50. The van der Waals surface area contributed by atoms with Gasteiger partial charge in [0.25, 0.3) is 0 Å². The highest BCUT2D eigenvalue weighted by molar-refractivity contribution is 6.42. The Bertz CT molecular complexity index is 481. The number of rotatable bonds is 3. The minimum Gasteiger partial charge on any atom is -0.309 e. The maximum Gasteiger partial charge on any atom is 0.0595 e. The second kappa shape index (κ2) is 7.08. The summed E-state index contributed by atoms with van der Waals surface area (Å²) in [6.07, 6.45) is 5.61. The maximum absolute atomic E-state index is 6.25. The van der Waals surface area contributed by atoms with Crippen LogP contribution in [0.1, 0.15) is 37.2 Å². The number of hydrogen-bond donors (Lipinski definition) is 0. The molecular formula is C17H24Cl3N. The second-order valence-corrected chi connectivity index (χ2v) is 7.61. The highest BCUT2D eigenvalue weighted by Gasteiger charge is 2.44. The summed E-state index contributed by atoms with van der Waals surface area (Å²) in [5.74, 6) is 3.17. The average molecular weight is 349 g/mol. The molecule has 0 aliphatic heterocycles. The molecule has 1 aromatic carbocycles. The van der Waals surface area contributed by atoms with Crippen LogP contribution in [-0.4, -0.2) is 25.5 Å². The van der Waals surface area contributed by atoms with Crippen LogP contribution < -0.4 is 0 Å². The van der Waals surface area contributed by atoms with Gasteiger partial charge in [0, 0.05) is 6.54 Å². The van der Waals surface area contributed by atoms with Crippen LogP contribution in [0.15, 0.2) is 18.2 Å². The van der Waals surface area contributed by atoms with Crippen molar-refractivity contribution in [2.45, 2.75) is 31.6 Å². The molecule has 4 heteroatoms. The van der Waals surface area contributed by atoms with E-state index >= 15 is 0 Å². The third-order valence-electron chi connectivity index (χ3n) is 5.30. The van der Waals surface area contributed by atoms with Crippen molar-refractivity contribution < 1.29 is 0 Å². The van der Waals surface area contributed by atoms with Gasteiger partial charge in [-0.05, 0) is 81.1 Å². The molecule has 2 bridgehead atoms. The van der Waals surface area contributed by atoms with Crippen LogP contribution in [-0.2, 0) is 0 Å². The van der Waals surface area contributed by atoms with Crippen molar-refractivity contribution in [3.05, 3.63) is 33.8 Å². The highest BCUT2D eigenvalue weighted by Crippen LogP contribution is 2.53. The Balaban J connectivity index is 0.00000161. The molecule has 0 aromatic heterocycles. The number of fused-ring (bicyclic) bond motifs is 3. The van der Waals surface area contributed by atoms with Gasteiger partial charge in [-0.25, -0.2) is 0 Å². The fraction of sp³-hybridized carbons (Fsp3) is 0.647. The Kier molecular flexibility index (Phi) is 5.87. The van der Waals surface area contributed by atoms with Gasteiger partial charge in [-0.3, -0.25) is 0 Å². The molecule has 0 spiro atoms. The third-order valence-corrected chi connectivity index (χ3v) is 6.03. The normalized spacial score (nSPS) is 31.3. The van der Waals surface area contributed by atoms with E-state index in [0.29, 0.717) is 16.0 Å². The Morgan fingerprint density at radius 3 is 2.19 bits per heavy atom. The Hall–Kier alpha value is 0.0500. The lowest BCUT2D eigenvalue weighted by molar-refractivity contribution is 0.0507. The highest BCUT2D eigenvalue weighted by atomic mass is 35.5. The van der Waals surface area contributed by atoms with E-state index in [9.17, 15) is 0 Å². The summed E-state index contributed by atoms with van der Waals surface area (Å²) in [5, 5.41) is 1.37. The van der Waals surface area contributed by atoms with Crippen LogP contribution in [0.5, 0.6) is 0 Å². The van der Waals surface area contributed by atoms with E-state index < -0.39 is 0 Å². The van der Waals surface area contributed by atoms with Crippen molar-refractivity contribution in [1.29, 1.82) is 0 Å². The summed E-state index contributed by atoms with van der Waals surface area (Å²) in [7, 11) is 4.38. The summed E-state index contributed by atoms with van der Waals surface area (Å²) in [6.45, 7) is 1.19. The van der Waals surface area contributed by atoms with Gasteiger partial charge in [-0.2, -0.15) is 0 Å². The van der Waals surface area contributed by atoms with Gasteiger partial charge in [0.1, 0.15) is 0 Å². The first-order valence-electron chi connectivity index (χ1n) is 7.66. The zero-order valence-corrected chi connectivity index (χ0v) is 15.0. The van der Waals surface area contributed by atoms with Crippen molar-refractivity contribution >= 4 is 35.6 Å². The molecule has 2 unspecified atom stereocenters. The van der Waals surface area contributed by atoms with Gasteiger partial charge in [-0.15, -0.1) is 12.4 Å². The molecule has 3 aliphatic carbocycles. The zero-order chi connectivity index (χ0) is 14.3. The Morgan fingerprint density at radius 1 is 1.00 bits per heavy atom. The lowest BCUT2D eigenvalue weighted by Crippen LogP contribution is -2.43. The van der Waals surface area contributed by atoms with Crippen LogP contribution in [0.4, 0.5) is 0 Å². The number of nitrogens with zero attached hydrogens (tertiary/aromatic N) is 1. The Labute approximate surface area is 144 Å². The number of hydrogen-bond acceptors (Lipinski definition) is 1. The summed E-state index contributed by atoms with van der Waals surface area (Å²) >= 11 is 12.3. The maximum atomic E-state index is 6.25. The molecule has 21 heavy (non-hydrogen) atoms. The van der Waals surface area contributed by atoms with Crippen LogP contribution in [0.3, 0.4) is 0 Å². The quantitative estimate of drug-likeness (QED) is 0.697. The van der Waals surface area contributed by atoms with Gasteiger partial charge in [-0.1, -0.05) is 29.3 Å². The minimum atomic E-state index is 0. The van der Waals surface area contributed by atoms with Crippen molar-refractivity contribution in [1.82, 2.24) is 4.90 Å². The summed E-state index contributed by atoms with van der Waals surface area (Å²) < 4.78 is 0. The van der Waals surface area contributed by atoms with Crippen molar-refractivity contribution in [3.63, 3.8) is 0 Å². The SMILES string of the molecule is CN(C)CC1C2CCC(CC2)C1c1ccc(Cl)c(Cl)c1.Cl. The molecule has 4 rings (SSSR count). The lowest BCUT2D eigenvalue weighted by atomic mass is 9.57. The zero-order valence-electron chi connectivity index (χ0n) is 12.7. The van der Waals surface area contributed by atoms with Crippen LogP contribution in [0.25, 0.3) is 0 Å². The average Bonchev–Trinajstić information content (AvgIpc) is 2.43. The smallest absolute Gasteiger partial charge is 0.0595 e. The van der Waals surface area contributed by atoms with Gasteiger partial charge in [0.2, 0.25) is 0 Å². The molecule has 0 amide bonds. The van der Waals surface area contributed by atoms with Crippen molar-refractivity contribution in [2.75, 3.05) is 20.6 Å². The van der Waals surface area contributed by atoms with E-state index in [1.165, 1.54) is 37.8 Å². The van der Waals surface area contributed by atoms with Crippen LogP contribution in [0.2, 0.25) is 10.0 Å². The molecule has 0 radical (unpaired) electrons. The summed E-state index contributed by atoms with van der Waals surface area (Å²) in [4.78, 5) is 2.34. The molecule has 3 saturated carbocycles. The van der Waals surface area contributed by atoms with Crippen molar-refractivity contribution in [3.8, 4) is 0 Å². The van der Waals surface area contributed by atoms with Gasteiger partial charge in [0.15, 0.2) is 0 Å². The van der Waals surface area contributed by atoms with Gasteiger partial charge >= 0.3 is 0 Å².